The van der Waals surface area contributed by atoms with Crippen molar-refractivity contribution in [2.24, 2.45) is 0 Å². The van der Waals surface area contributed by atoms with E-state index in [2.05, 4.69) is 15.9 Å². The van der Waals surface area contributed by atoms with E-state index in [9.17, 15) is 9.96 Å². The van der Waals surface area contributed by atoms with Gasteiger partial charge in [-0.1, -0.05) is 6.58 Å². The van der Waals surface area contributed by atoms with Crippen molar-refractivity contribution in [3.63, 3.8) is 0 Å². The molecule has 1 fully saturated rings. The number of hydrogen-bond donors (Lipinski definition) is 1. The van der Waals surface area contributed by atoms with Gasteiger partial charge in [0.2, 0.25) is 0 Å². The van der Waals surface area contributed by atoms with Gasteiger partial charge in [0.1, 0.15) is 11.5 Å². The van der Waals surface area contributed by atoms with Crippen LogP contribution in [0.5, 0.6) is 11.5 Å². The summed E-state index contributed by atoms with van der Waals surface area (Å²) in [6, 6.07) is 15.3. The summed E-state index contributed by atoms with van der Waals surface area (Å²) >= 11 is 0. The molecule has 8 heteroatoms. The largest absolute Gasteiger partial charge is 0.497 e. The number of methoxy groups -OCH3 is 2. The SMILES string of the molecule is C=C(CC(=O)OCC)P1(=N)N(c2ccc(OC)cc2)CCN1c1ccc(OC)cc1. The van der Waals surface area contributed by atoms with Crippen LogP contribution in [0.25, 0.3) is 0 Å². The van der Waals surface area contributed by atoms with Crippen molar-refractivity contribution in [3.05, 3.63) is 60.4 Å². The van der Waals surface area contributed by atoms with E-state index in [-0.39, 0.29) is 12.4 Å². The maximum atomic E-state index is 12.2. The summed E-state index contributed by atoms with van der Waals surface area (Å²) in [5.74, 6) is 1.15. The lowest BCUT2D eigenvalue weighted by molar-refractivity contribution is -0.142. The molecule has 1 heterocycles. The van der Waals surface area contributed by atoms with Gasteiger partial charge in [0, 0.05) is 29.8 Å². The standard InChI is InChI=1S/C22H28N3O4P/c1-5-29-22(26)16-17(2)30(23)24(18-6-10-20(27-3)11-7-18)14-15-25(30)19-8-12-21(28-4)13-9-19/h6-13,23H,2,5,14-16H2,1,3-4H3. The number of hydrogen-bond acceptors (Lipinski definition) is 5. The summed E-state index contributed by atoms with van der Waals surface area (Å²) in [6.07, 6.45) is 0.0183. The van der Waals surface area contributed by atoms with Gasteiger partial charge in [-0.05, 0) is 55.5 Å². The molecule has 7 nitrogen and oxygen atoms in total. The van der Waals surface area contributed by atoms with Crippen LogP contribution in [0.3, 0.4) is 0 Å². The predicted molar refractivity (Wildman–Crippen MR) is 121 cm³/mol. The van der Waals surface area contributed by atoms with Crippen LogP contribution < -0.4 is 18.8 Å². The lowest BCUT2D eigenvalue weighted by Crippen LogP contribution is -2.21. The zero-order valence-corrected chi connectivity index (χ0v) is 18.5. The quantitative estimate of drug-likeness (QED) is 0.464. The van der Waals surface area contributed by atoms with Crippen molar-refractivity contribution in [2.75, 3.05) is 43.3 Å². The van der Waals surface area contributed by atoms with E-state index in [0.29, 0.717) is 25.0 Å². The molecule has 0 saturated carbocycles. The first-order valence-corrected chi connectivity index (χ1v) is 11.5. The number of nitrogens with zero attached hydrogens (tertiary/aromatic N) is 2. The Morgan fingerprint density at radius 2 is 1.40 bits per heavy atom. The van der Waals surface area contributed by atoms with Gasteiger partial charge < -0.3 is 23.6 Å². The minimum absolute atomic E-state index is 0.0183. The first-order valence-electron chi connectivity index (χ1n) is 9.76. The smallest absolute Gasteiger partial charge is 0.310 e. The van der Waals surface area contributed by atoms with E-state index < -0.39 is 7.36 Å². The van der Waals surface area contributed by atoms with Gasteiger partial charge in [0.05, 0.1) is 27.2 Å². The Morgan fingerprint density at radius 1 is 0.967 bits per heavy atom. The van der Waals surface area contributed by atoms with Crippen molar-refractivity contribution in [1.29, 1.82) is 5.16 Å². The van der Waals surface area contributed by atoms with Crippen LogP contribution in [0, 0.1) is 5.16 Å². The average molecular weight is 429 g/mol. The second-order valence-corrected chi connectivity index (χ2v) is 9.59. The van der Waals surface area contributed by atoms with Gasteiger partial charge in [-0.3, -0.25) is 9.96 Å². The van der Waals surface area contributed by atoms with Gasteiger partial charge in [-0.15, -0.1) is 0 Å². The summed E-state index contributed by atoms with van der Waals surface area (Å²) in [5, 5.41) is 10.2. The second-order valence-electron chi connectivity index (χ2n) is 6.79. The van der Waals surface area contributed by atoms with Crippen LogP contribution in [0.15, 0.2) is 60.4 Å². The highest BCUT2D eigenvalue weighted by atomic mass is 31.2. The van der Waals surface area contributed by atoms with Crippen LogP contribution >= 0.6 is 7.36 Å². The first-order chi connectivity index (χ1) is 14.4. The summed E-state index contributed by atoms with van der Waals surface area (Å²) < 4.78 is 19.8. The third-order valence-corrected chi connectivity index (χ3v) is 8.36. The Labute approximate surface area is 177 Å². The minimum atomic E-state index is -2.86. The molecule has 30 heavy (non-hydrogen) atoms. The summed E-state index contributed by atoms with van der Waals surface area (Å²) in [5.41, 5.74) is 1.81. The van der Waals surface area contributed by atoms with Crippen molar-refractivity contribution in [1.82, 2.24) is 0 Å². The molecule has 0 radical (unpaired) electrons. The normalized spacial score (nSPS) is 15.0. The molecule has 0 bridgehead atoms. The fraction of sp³-hybridized carbons (Fsp3) is 0.318. The van der Waals surface area contributed by atoms with Gasteiger partial charge in [0.15, 0.2) is 7.36 Å². The van der Waals surface area contributed by atoms with Crippen molar-refractivity contribution in [2.45, 2.75) is 13.3 Å². The number of ether oxygens (including phenoxy) is 3. The van der Waals surface area contributed by atoms with Crippen LogP contribution in [-0.4, -0.2) is 39.9 Å². The molecule has 0 spiro atoms. The lowest BCUT2D eigenvalue weighted by Gasteiger charge is -2.37. The summed E-state index contributed by atoms with van der Waals surface area (Å²) in [7, 11) is 0.388. The number of nitrogens with one attached hydrogen (secondary N) is 1. The van der Waals surface area contributed by atoms with Gasteiger partial charge in [-0.25, -0.2) is 0 Å². The Balaban J connectivity index is 2.00. The minimum Gasteiger partial charge on any atom is -0.497 e. The molecule has 1 saturated heterocycles. The monoisotopic (exact) mass is 429 g/mol. The zero-order valence-electron chi connectivity index (χ0n) is 17.6. The van der Waals surface area contributed by atoms with E-state index >= 15 is 0 Å². The van der Waals surface area contributed by atoms with E-state index in [4.69, 9.17) is 14.2 Å². The highest BCUT2D eigenvalue weighted by Crippen LogP contribution is 2.66. The van der Waals surface area contributed by atoms with Gasteiger partial charge in [0.25, 0.3) is 0 Å². The molecule has 0 atom stereocenters. The molecule has 2 aromatic carbocycles. The molecule has 160 valence electrons. The van der Waals surface area contributed by atoms with E-state index in [1.807, 2.05) is 48.5 Å². The number of benzene rings is 2. The van der Waals surface area contributed by atoms with Gasteiger partial charge in [-0.2, -0.15) is 0 Å². The van der Waals surface area contributed by atoms with Crippen LogP contribution in [0.1, 0.15) is 13.3 Å². The highest BCUT2D eigenvalue weighted by molar-refractivity contribution is 7.72. The number of carbonyl (C=O) groups is 1. The maximum absolute atomic E-state index is 12.2. The summed E-state index contributed by atoms with van der Waals surface area (Å²) in [6.45, 7) is 7.56. The molecule has 2 aromatic rings. The number of anilines is 2. The molecule has 1 aliphatic heterocycles. The Kier molecular flexibility index (Phi) is 6.73. The molecule has 0 unspecified atom stereocenters. The maximum Gasteiger partial charge on any atom is 0.310 e. The van der Waals surface area contributed by atoms with Gasteiger partial charge >= 0.3 is 5.97 Å². The van der Waals surface area contributed by atoms with Crippen LogP contribution in [0.2, 0.25) is 0 Å². The van der Waals surface area contributed by atoms with E-state index in [1.165, 1.54) is 0 Å². The van der Waals surface area contributed by atoms with Crippen molar-refractivity contribution >= 4 is 24.7 Å². The number of esters is 1. The van der Waals surface area contributed by atoms with Crippen LogP contribution in [0.4, 0.5) is 11.4 Å². The van der Waals surface area contributed by atoms with Crippen LogP contribution in [-0.2, 0) is 9.53 Å². The first kappa shape index (κ1) is 21.8. The van der Waals surface area contributed by atoms with E-state index in [0.717, 1.165) is 22.9 Å². The number of rotatable bonds is 8. The Bertz CT molecular complexity index is 884. The fourth-order valence-corrected chi connectivity index (χ4v) is 6.53. The number of carbonyl (C=O) groups excluding carboxylic acids is 1. The molecular weight excluding hydrogens is 401 g/mol. The Hall–Kier alpha value is -2.92. The Morgan fingerprint density at radius 3 is 1.77 bits per heavy atom. The predicted octanol–water partition coefficient (Wildman–Crippen LogP) is 5.11. The topological polar surface area (TPSA) is 75.1 Å². The molecule has 0 amide bonds. The second kappa shape index (κ2) is 9.26. The fourth-order valence-electron chi connectivity index (χ4n) is 3.54. The van der Waals surface area contributed by atoms with E-state index in [1.54, 1.807) is 21.1 Å². The summed E-state index contributed by atoms with van der Waals surface area (Å²) in [4.78, 5) is 12.2. The van der Waals surface area contributed by atoms with Crippen molar-refractivity contribution in [3.8, 4) is 11.5 Å². The highest BCUT2D eigenvalue weighted by Gasteiger charge is 2.42. The molecule has 0 aromatic heterocycles. The molecule has 1 N–H and O–H groups in total. The zero-order chi connectivity index (χ0) is 21.7. The van der Waals surface area contributed by atoms with Crippen molar-refractivity contribution < 1.29 is 19.0 Å². The lowest BCUT2D eigenvalue weighted by atomic mass is 10.3. The molecular formula is C22H28N3O4P. The third kappa shape index (κ3) is 4.17. The molecule has 0 aliphatic carbocycles. The average Bonchev–Trinajstić information content (AvgIpc) is 3.12. The molecule has 1 aliphatic rings. The third-order valence-electron chi connectivity index (χ3n) is 5.06. The molecule has 3 rings (SSSR count).